The van der Waals surface area contributed by atoms with Crippen molar-refractivity contribution in [2.24, 2.45) is 0 Å². The Labute approximate surface area is 153 Å². The molecule has 3 heterocycles. The molecule has 1 fully saturated rings. The Balaban J connectivity index is 2.00. The lowest BCUT2D eigenvalue weighted by atomic mass is 10.1. The van der Waals surface area contributed by atoms with E-state index in [0.717, 1.165) is 28.3 Å². The number of ether oxygens (including phenoxy) is 1. The van der Waals surface area contributed by atoms with Crippen molar-refractivity contribution in [1.82, 2.24) is 24.6 Å². The Morgan fingerprint density at radius 2 is 2.12 bits per heavy atom. The average Bonchev–Trinajstić information content (AvgIpc) is 2.84. The van der Waals surface area contributed by atoms with E-state index in [1.807, 2.05) is 20.8 Å². The minimum Gasteiger partial charge on any atom is -0.444 e. The van der Waals surface area contributed by atoms with Crippen molar-refractivity contribution >= 4 is 45.5 Å². The minimum absolute atomic E-state index is 0.228. The molecular formula is C15H21IN6O2. The van der Waals surface area contributed by atoms with Gasteiger partial charge in [0.05, 0.1) is 5.39 Å². The third-order valence-electron chi connectivity index (χ3n) is 3.86. The molecule has 3 rings (SSSR count). The molecule has 24 heavy (non-hydrogen) atoms. The van der Waals surface area contributed by atoms with E-state index in [1.54, 1.807) is 9.58 Å². The van der Waals surface area contributed by atoms with Gasteiger partial charge in [0.2, 0.25) is 0 Å². The zero-order valence-corrected chi connectivity index (χ0v) is 16.1. The summed E-state index contributed by atoms with van der Waals surface area (Å²) in [5.41, 5.74) is 6.07. The number of rotatable bonds is 1. The van der Waals surface area contributed by atoms with E-state index in [0.29, 0.717) is 18.0 Å². The van der Waals surface area contributed by atoms with Gasteiger partial charge in [-0.05, 0) is 62.6 Å². The fourth-order valence-corrected chi connectivity index (χ4v) is 3.61. The smallest absolute Gasteiger partial charge is 0.412 e. The van der Waals surface area contributed by atoms with Gasteiger partial charge >= 0.3 is 6.09 Å². The molecule has 1 saturated heterocycles. The highest BCUT2D eigenvalue weighted by Crippen LogP contribution is 2.32. The van der Waals surface area contributed by atoms with Crippen molar-refractivity contribution in [1.29, 1.82) is 0 Å². The third kappa shape index (κ3) is 3.26. The zero-order chi connectivity index (χ0) is 17.5. The molecule has 1 atom stereocenters. The van der Waals surface area contributed by atoms with Crippen LogP contribution in [-0.4, -0.2) is 42.9 Å². The van der Waals surface area contributed by atoms with Crippen LogP contribution in [-0.2, 0) is 4.74 Å². The summed E-state index contributed by atoms with van der Waals surface area (Å²) in [6.45, 7) is 6.23. The quantitative estimate of drug-likeness (QED) is 0.680. The van der Waals surface area contributed by atoms with E-state index in [9.17, 15) is 4.79 Å². The predicted molar refractivity (Wildman–Crippen MR) is 98.3 cm³/mol. The molecule has 1 unspecified atom stereocenters. The maximum atomic E-state index is 12.6. The fourth-order valence-electron chi connectivity index (χ4n) is 2.86. The van der Waals surface area contributed by atoms with E-state index >= 15 is 0 Å². The molecular weight excluding hydrogens is 423 g/mol. The molecule has 0 radical (unpaired) electrons. The fraction of sp³-hybridized carbons (Fsp3) is 0.600. The topological polar surface area (TPSA) is 99.2 Å². The second-order valence-corrected chi connectivity index (χ2v) is 7.86. The molecule has 0 saturated carbocycles. The van der Waals surface area contributed by atoms with Crippen LogP contribution in [0.25, 0.3) is 11.0 Å². The van der Waals surface area contributed by atoms with Gasteiger partial charge in [0.25, 0.3) is 0 Å². The van der Waals surface area contributed by atoms with Gasteiger partial charge < -0.3 is 10.5 Å². The van der Waals surface area contributed by atoms with Crippen LogP contribution in [0.1, 0.15) is 46.2 Å². The number of nitrogens with zero attached hydrogens (tertiary/aromatic N) is 5. The first-order valence-electron chi connectivity index (χ1n) is 7.92. The zero-order valence-electron chi connectivity index (χ0n) is 14.0. The van der Waals surface area contributed by atoms with Crippen LogP contribution in [0.15, 0.2) is 6.33 Å². The first-order valence-corrected chi connectivity index (χ1v) is 8.99. The molecule has 0 aromatic carbocycles. The second-order valence-electron chi connectivity index (χ2n) is 6.84. The van der Waals surface area contributed by atoms with Crippen LogP contribution in [0.4, 0.5) is 10.6 Å². The van der Waals surface area contributed by atoms with Gasteiger partial charge in [-0.25, -0.2) is 19.4 Å². The van der Waals surface area contributed by atoms with Gasteiger partial charge in [-0.2, -0.15) is 5.10 Å². The second kappa shape index (κ2) is 6.34. The van der Waals surface area contributed by atoms with Gasteiger partial charge in [-0.3, -0.25) is 4.90 Å². The van der Waals surface area contributed by atoms with E-state index in [4.69, 9.17) is 10.5 Å². The number of nitrogen functional groups attached to an aromatic ring is 1. The first kappa shape index (κ1) is 17.2. The molecule has 2 N–H and O–H groups in total. The molecule has 1 aliphatic heterocycles. The van der Waals surface area contributed by atoms with Crippen LogP contribution in [0, 0.1) is 3.70 Å². The van der Waals surface area contributed by atoms with Crippen LogP contribution < -0.4 is 5.73 Å². The molecule has 0 aliphatic carbocycles. The number of nitrogens with two attached hydrogens (primary N) is 1. The number of likely N-dealkylation sites (tertiary alicyclic amines) is 1. The van der Waals surface area contributed by atoms with Gasteiger partial charge in [0.15, 0.2) is 5.65 Å². The molecule has 2 aromatic heterocycles. The summed E-state index contributed by atoms with van der Waals surface area (Å²) in [5, 5.41) is 5.30. The monoisotopic (exact) mass is 444 g/mol. The van der Waals surface area contributed by atoms with Crippen molar-refractivity contribution in [2.45, 2.75) is 51.8 Å². The highest BCUT2D eigenvalue weighted by molar-refractivity contribution is 14.1. The number of hydrogen-bond acceptors (Lipinski definition) is 6. The summed E-state index contributed by atoms with van der Waals surface area (Å²) in [6.07, 6.45) is 3.63. The lowest BCUT2D eigenvalue weighted by Crippen LogP contribution is -2.44. The minimum atomic E-state index is -0.535. The highest BCUT2D eigenvalue weighted by atomic mass is 127. The van der Waals surface area contributed by atoms with Crippen molar-refractivity contribution < 1.29 is 9.53 Å². The number of halogens is 1. The van der Waals surface area contributed by atoms with Crippen LogP contribution in [0.5, 0.6) is 0 Å². The van der Waals surface area contributed by atoms with Gasteiger partial charge in [0, 0.05) is 6.54 Å². The number of aromatic nitrogens is 4. The molecule has 8 nitrogen and oxygen atoms in total. The van der Waals surface area contributed by atoms with E-state index < -0.39 is 5.60 Å². The molecule has 2 aromatic rings. The number of hydrogen-bond donors (Lipinski definition) is 1. The summed E-state index contributed by atoms with van der Waals surface area (Å²) in [5.74, 6) is 0.398. The molecule has 0 bridgehead atoms. The number of piperidine rings is 1. The van der Waals surface area contributed by atoms with E-state index in [-0.39, 0.29) is 12.3 Å². The van der Waals surface area contributed by atoms with Crippen LogP contribution in [0.3, 0.4) is 0 Å². The van der Waals surface area contributed by atoms with E-state index in [1.165, 1.54) is 6.33 Å². The molecule has 130 valence electrons. The number of fused-ring (bicyclic) bond motifs is 1. The van der Waals surface area contributed by atoms with Gasteiger partial charge in [-0.15, -0.1) is 0 Å². The van der Waals surface area contributed by atoms with E-state index in [2.05, 4.69) is 37.7 Å². The third-order valence-corrected chi connectivity index (χ3v) is 4.61. The normalized spacial score (nSPS) is 18.8. The number of carbonyl (C=O) groups excluding carboxylic acids is 1. The lowest BCUT2D eigenvalue weighted by molar-refractivity contribution is -0.00273. The summed E-state index contributed by atoms with van der Waals surface area (Å²) in [7, 11) is 0. The Bertz CT molecular complexity index is 769. The van der Waals surface area contributed by atoms with Crippen molar-refractivity contribution in [3.05, 3.63) is 10.0 Å². The Morgan fingerprint density at radius 1 is 1.38 bits per heavy atom. The number of carbonyl (C=O) groups is 1. The maximum Gasteiger partial charge on any atom is 0.412 e. The Morgan fingerprint density at radius 3 is 2.83 bits per heavy atom. The largest absolute Gasteiger partial charge is 0.444 e. The first-order chi connectivity index (χ1) is 11.3. The number of anilines is 1. The summed E-state index contributed by atoms with van der Waals surface area (Å²) in [6, 6.07) is 0. The maximum absolute atomic E-state index is 12.6. The Hall–Kier alpha value is -1.65. The van der Waals surface area contributed by atoms with Gasteiger partial charge in [-0.1, -0.05) is 0 Å². The predicted octanol–water partition coefficient (Wildman–Crippen LogP) is 2.93. The molecule has 1 aliphatic rings. The standard InChI is InChI=1S/C15H21IN6O2/c1-15(2,3)24-14(23)21-7-5-4-6-9(21)22-13-10(11(16)20-22)12(17)18-8-19-13/h8-9H,4-7H2,1-3H3,(H2,17,18,19). The molecule has 1 amide bonds. The van der Waals surface area contributed by atoms with Gasteiger partial charge in [0.1, 0.15) is 27.6 Å². The summed E-state index contributed by atoms with van der Waals surface area (Å²) in [4.78, 5) is 22.7. The van der Waals surface area contributed by atoms with Crippen molar-refractivity contribution in [3.63, 3.8) is 0 Å². The van der Waals surface area contributed by atoms with Crippen LogP contribution >= 0.6 is 22.6 Å². The van der Waals surface area contributed by atoms with Crippen LogP contribution in [0.2, 0.25) is 0 Å². The molecule has 9 heteroatoms. The SMILES string of the molecule is CC(C)(C)OC(=O)N1CCCCC1n1nc(I)c2c(N)ncnc21. The van der Waals surface area contributed by atoms with Crippen molar-refractivity contribution in [3.8, 4) is 0 Å². The average molecular weight is 444 g/mol. The molecule has 0 spiro atoms. The summed E-state index contributed by atoms with van der Waals surface area (Å²) >= 11 is 2.12. The number of amides is 1. The summed E-state index contributed by atoms with van der Waals surface area (Å²) < 4.78 is 8.07. The highest BCUT2D eigenvalue weighted by Gasteiger charge is 2.33. The lowest BCUT2D eigenvalue weighted by Gasteiger charge is -2.36. The van der Waals surface area contributed by atoms with Crippen molar-refractivity contribution in [2.75, 3.05) is 12.3 Å². The Kier molecular flexibility index (Phi) is 4.54.